The van der Waals surface area contributed by atoms with Crippen molar-refractivity contribution in [2.24, 2.45) is 15.8 Å². The number of esters is 2. The average Bonchev–Trinajstić information content (AvgIpc) is 3.26. The first-order valence-corrected chi connectivity index (χ1v) is 13.2. The van der Waals surface area contributed by atoms with Crippen molar-refractivity contribution >= 4 is 25.6 Å². The number of hydrogen-bond donors (Lipinski definition) is 2. The lowest BCUT2D eigenvalue weighted by Gasteiger charge is -2.37. The fraction of sp³-hybridized carbons (Fsp3) is 0.625. The lowest BCUT2D eigenvalue weighted by atomic mass is 9.98. The molecule has 0 bridgehead atoms. The first-order valence-electron chi connectivity index (χ1n) is 11.7. The molecule has 0 radical (unpaired) electrons. The molecule has 212 valence electrons. The molecule has 0 amide bonds. The highest BCUT2D eigenvalue weighted by Crippen LogP contribution is 2.50. The highest BCUT2D eigenvalue weighted by atomic mass is 31.2. The van der Waals surface area contributed by atoms with Gasteiger partial charge in [-0.3, -0.25) is 29.7 Å². The van der Waals surface area contributed by atoms with Crippen LogP contribution in [0.5, 0.6) is 0 Å². The molecule has 0 aromatic heterocycles. The van der Waals surface area contributed by atoms with Crippen LogP contribution >= 0.6 is 7.82 Å². The Morgan fingerprint density at radius 1 is 1.21 bits per heavy atom. The molecule has 13 nitrogen and oxygen atoms in total. The molecule has 0 aromatic carbocycles. The van der Waals surface area contributed by atoms with Crippen LogP contribution < -0.4 is 5.48 Å². The van der Waals surface area contributed by atoms with Crippen LogP contribution in [0, 0.1) is 23.2 Å². The highest BCUT2D eigenvalue weighted by Gasteiger charge is 2.45. The highest BCUT2D eigenvalue weighted by molar-refractivity contribution is 7.48. The molecule has 0 aromatic rings. The summed E-state index contributed by atoms with van der Waals surface area (Å²) in [5.41, 5.74) is -0.976. The number of carbonyl (C=O) groups is 2. The largest absolute Gasteiger partial charge is 0.480 e. The van der Waals surface area contributed by atoms with E-state index in [1.54, 1.807) is 47.7 Å². The average molecular weight is 558 g/mol. The zero-order chi connectivity index (χ0) is 28.8. The zero-order valence-corrected chi connectivity index (χ0v) is 23.4. The minimum atomic E-state index is -4.38. The standard InChI is InChI=1S/C24H36N3O10P/c1-9-24(27-13-11-19(26-30)25-17(27)2)12-10-18(37-24)14-34-38(31,35-15-32-20(28)22(3,4)5)36-16-33-21(29)23(6,7)8/h1,11,13,18,30H,2,10,12,14-16H2,3-8H3,(H,25,26). The van der Waals surface area contributed by atoms with E-state index in [0.717, 1.165) is 0 Å². The summed E-state index contributed by atoms with van der Waals surface area (Å²) in [6.07, 6.45) is 8.91. The van der Waals surface area contributed by atoms with Crippen LogP contribution in [-0.4, -0.2) is 59.9 Å². The molecule has 38 heavy (non-hydrogen) atoms. The molecular weight excluding hydrogens is 521 g/mol. The van der Waals surface area contributed by atoms with Gasteiger partial charge in [0.1, 0.15) is 5.82 Å². The van der Waals surface area contributed by atoms with Gasteiger partial charge in [-0.2, -0.15) is 0 Å². The molecule has 14 heteroatoms. The topological polar surface area (TPSA) is 154 Å². The van der Waals surface area contributed by atoms with Gasteiger partial charge in [0.2, 0.25) is 19.3 Å². The van der Waals surface area contributed by atoms with Gasteiger partial charge in [0.15, 0.2) is 5.84 Å². The summed E-state index contributed by atoms with van der Waals surface area (Å²) in [7, 11) is -4.38. The normalized spacial score (nSPS) is 22.1. The molecule has 1 saturated heterocycles. The summed E-state index contributed by atoms with van der Waals surface area (Å²) in [6, 6.07) is 0. The molecule has 2 atom stereocenters. The summed E-state index contributed by atoms with van der Waals surface area (Å²) < 4.78 is 45.0. The van der Waals surface area contributed by atoms with Crippen molar-refractivity contribution in [2.75, 3.05) is 20.2 Å². The third-order valence-corrected chi connectivity index (χ3v) is 6.56. The molecule has 2 rings (SSSR count). The van der Waals surface area contributed by atoms with Crippen molar-refractivity contribution < 1.29 is 47.1 Å². The second-order valence-electron chi connectivity index (χ2n) is 10.5. The van der Waals surface area contributed by atoms with Crippen LogP contribution in [0.2, 0.25) is 0 Å². The predicted octanol–water partition coefficient (Wildman–Crippen LogP) is 3.42. The molecule has 2 heterocycles. The molecular formula is C24H36N3O10P. The minimum Gasteiger partial charge on any atom is -0.437 e. The number of nitrogens with one attached hydrogen (secondary N) is 1. The van der Waals surface area contributed by atoms with Gasteiger partial charge in [0.25, 0.3) is 0 Å². The second-order valence-corrected chi connectivity index (χ2v) is 12.2. The van der Waals surface area contributed by atoms with E-state index in [9.17, 15) is 14.2 Å². The minimum absolute atomic E-state index is 0.172. The van der Waals surface area contributed by atoms with Crippen LogP contribution in [0.4, 0.5) is 0 Å². The molecule has 0 aliphatic carbocycles. The fourth-order valence-corrected chi connectivity index (χ4v) is 4.02. The van der Waals surface area contributed by atoms with E-state index in [1.165, 1.54) is 11.0 Å². The van der Waals surface area contributed by atoms with Gasteiger partial charge in [-0.1, -0.05) is 6.58 Å². The van der Waals surface area contributed by atoms with Crippen LogP contribution in [0.3, 0.4) is 0 Å². The van der Waals surface area contributed by atoms with Crippen LogP contribution in [0.1, 0.15) is 54.4 Å². The van der Waals surface area contributed by atoms with Gasteiger partial charge >= 0.3 is 19.8 Å². The number of hydroxylamine groups is 1. The molecule has 0 spiro atoms. The van der Waals surface area contributed by atoms with Crippen LogP contribution in [0.25, 0.3) is 0 Å². The monoisotopic (exact) mass is 557 g/mol. The molecule has 1 fully saturated rings. The number of carbonyl (C=O) groups excluding carboxylic acids is 2. The number of phosphoric ester groups is 1. The number of ether oxygens (including phenoxy) is 3. The van der Waals surface area contributed by atoms with E-state index in [0.29, 0.717) is 12.8 Å². The van der Waals surface area contributed by atoms with Gasteiger partial charge in [-0.15, -0.1) is 6.42 Å². The van der Waals surface area contributed by atoms with Gasteiger partial charge in [0, 0.05) is 12.6 Å². The maximum atomic E-state index is 13.3. The first kappa shape index (κ1) is 31.5. The third kappa shape index (κ3) is 8.39. The van der Waals surface area contributed by atoms with Crippen molar-refractivity contribution in [3.8, 4) is 12.3 Å². The molecule has 2 N–H and O–H groups in total. The Hall–Kier alpha value is -2.72. The van der Waals surface area contributed by atoms with Crippen molar-refractivity contribution in [2.45, 2.75) is 66.2 Å². The lowest BCUT2D eigenvalue weighted by molar-refractivity contribution is -0.164. The number of amidine groups is 1. The van der Waals surface area contributed by atoms with Gasteiger partial charge < -0.3 is 14.2 Å². The Kier molecular flexibility index (Phi) is 10.3. The number of phosphoric acid groups is 1. The van der Waals surface area contributed by atoms with Crippen molar-refractivity contribution in [1.29, 1.82) is 0 Å². The Labute approximate surface area is 222 Å². The van der Waals surface area contributed by atoms with Crippen LogP contribution in [0.15, 0.2) is 29.7 Å². The van der Waals surface area contributed by atoms with Crippen molar-refractivity contribution in [1.82, 2.24) is 10.4 Å². The second kappa shape index (κ2) is 12.4. The first-order chi connectivity index (χ1) is 17.5. The summed E-state index contributed by atoms with van der Waals surface area (Å²) in [5, 5.41) is 9.05. The summed E-state index contributed by atoms with van der Waals surface area (Å²) in [6.45, 7) is 11.9. The maximum Gasteiger partial charge on any atom is 0.480 e. The van der Waals surface area contributed by atoms with E-state index < -0.39 is 56.0 Å². The van der Waals surface area contributed by atoms with E-state index in [2.05, 4.69) is 17.5 Å². The Morgan fingerprint density at radius 2 is 1.76 bits per heavy atom. The molecule has 2 aliphatic heterocycles. The van der Waals surface area contributed by atoms with Crippen molar-refractivity contribution in [3.63, 3.8) is 0 Å². The summed E-state index contributed by atoms with van der Waals surface area (Å²) in [4.78, 5) is 29.7. The molecule has 2 unspecified atom stereocenters. The van der Waals surface area contributed by atoms with Gasteiger partial charge in [-0.25, -0.2) is 18.6 Å². The Balaban J connectivity index is 2.04. The van der Waals surface area contributed by atoms with E-state index in [4.69, 9.17) is 39.4 Å². The zero-order valence-electron chi connectivity index (χ0n) is 22.5. The van der Waals surface area contributed by atoms with E-state index in [-0.39, 0.29) is 18.3 Å². The third-order valence-electron chi connectivity index (χ3n) is 5.25. The maximum absolute atomic E-state index is 13.3. The fourth-order valence-electron chi connectivity index (χ4n) is 3.08. The van der Waals surface area contributed by atoms with E-state index >= 15 is 0 Å². The number of terminal acetylenes is 1. The predicted molar refractivity (Wildman–Crippen MR) is 135 cm³/mol. The van der Waals surface area contributed by atoms with Crippen molar-refractivity contribution in [3.05, 3.63) is 24.7 Å². The van der Waals surface area contributed by atoms with Gasteiger partial charge in [0.05, 0.1) is 23.5 Å². The number of aliphatic imine (C=N–C) groups is 1. The molecule has 0 saturated carbocycles. The van der Waals surface area contributed by atoms with Crippen LogP contribution in [-0.2, 0) is 41.9 Å². The Morgan fingerprint density at radius 3 is 2.21 bits per heavy atom. The number of nitrogens with zero attached hydrogens (tertiary/aromatic N) is 2. The number of rotatable bonds is 10. The summed E-state index contributed by atoms with van der Waals surface area (Å²) >= 11 is 0. The number of hydrogen-bond acceptors (Lipinski definition) is 13. The molecule has 2 aliphatic rings. The smallest absolute Gasteiger partial charge is 0.437 e. The quantitative estimate of drug-likeness (QED) is 0.133. The SMILES string of the molecule is C#CC1(N2C=CC(NO)=NC2=C)CCC(COP(=O)(OCOC(=O)C(C)(C)C)OCOC(=O)C(C)(C)C)O1. The lowest BCUT2D eigenvalue weighted by Crippen LogP contribution is -2.45. The van der Waals surface area contributed by atoms with Gasteiger partial charge in [-0.05, 0) is 60.0 Å². The van der Waals surface area contributed by atoms with E-state index in [1.807, 2.05) is 5.48 Å². The Bertz CT molecular complexity index is 1020. The summed E-state index contributed by atoms with van der Waals surface area (Å²) in [5.74, 6) is 1.80.